The lowest BCUT2D eigenvalue weighted by Crippen LogP contribution is -2.17. The van der Waals surface area contributed by atoms with Crippen molar-refractivity contribution in [3.05, 3.63) is 0 Å². The van der Waals surface area contributed by atoms with Gasteiger partial charge in [0, 0.05) is 20.8 Å². The number of rotatable bonds is 11. The summed E-state index contributed by atoms with van der Waals surface area (Å²) in [6.45, 7) is 17.7. The van der Waals surface area contributed by atoms with Crippen molar-refractivity contribution < 1.29 is 27.2 Å². The lowest BCUT2D eigenvalue weighted by Gasteiger charge is -2.28. The Balaban J connectivity index is 5.44. The third kappa shape index (κ3) is 17.5. The van der Waals surface area contributed by atoms with Crippen molar-refractivity contribution in [3.8, 4) is 0 Å². The zero-order valence-corrected chi connectivity index (χ0v) is 24.4. The van der Waals surface area contributed by atoms with Gasteiger partial charge >= 0.3 is 13.6 Å². The highest BCUT2D eigenvalue weighted by molar-refractivity contribution is 9.12. The van der Waals surface area contributed by atoms with Crippen LogP contribution in [-0.2, 0) is 27.2 Å². The number of hydrogen-bond donors (Lipinski definition) is 0. The van der Waals surface area contributed by atoms with Crippen LogP contribution in [-0.4, -0.2) is 26.4 Å². The van der Waals surface area contributed by atoms with E-state index in [0.717, 1.165) is 20.8 Å². The van der Waals surface area contributed by atoms with E-state index in [9.17, 15) is 9.13 Å². The van der Waals surface area contributed by atoms with Gasteiger partial charge in [0.1, 0.15) is 0 Å². The predicted molar refractivity (Wildman–Crippen MR) is 132 cm³/mol. The summed E-state index contributed by atoms with van der Waals surface area (Å²) < 4.78 is 49.7. The highest BCUT2D eigenvalue weighted by Crippen LogP contribution is 2.77. The highest BCUT2D eigenvalue weighted by atomic mass is 33.5. The Morgan fingerprint density at radius 3 is 0.767 bits per heavy atom. The third-order valence-corrected chi connectivity index (χ3v) is 13.3. The van der Waals surface area contributed by atoms with E-state index in [1.54, 1.807) is 0 Å². The van der Waals surface area contributed by atoms with E-state index in [-0.39, 0.29) is 48.1 Å². The van der Waals surface area contributed by atoms with Crippen LogP contribution in [0.5, 0.6) is 0 Å². The minimum atomic E-state index is -3.59. The first-order valence-corrected chi connectivity index (χ1v) is 16.6. The maximum atomic E-state index is 13.4. The van der Waals surface area contributed by atoms with Crippen molar-refractivity contribution in [2.24, 2.45) is 21.7 Å². The summed E-state index contributed by atoms with van der Waals surface area (Å²) in [5.74, 6) is 0. The second-order valence-corrected chi connectivity index (χ2v) is 21.8. The Kier molecular flexibility index (Phi) is 11.8. The molecule has 0 atom stereocenters. The molecule has 0 saturated heterocycles. The zero-order valence-electron chi connectivity index (χ0n) is 21.0. The largest absolute Gasteiger partial charge is 0.400 e. The molecule has 0 amide bonds. The van der Waals surface area contributed by atoms with E-state index in [2.05, 4.69) is 0 Å². The topological polar surface area (TPSA) is 71.1 Å². The fourth-order valence-electron chi connectivity index (χ4n) is 1.33. The lowest BCUT2D eigenvalue weighted by atomic mass is 9.99. The summed E-state index contributed by atoms with van der Waals surface area (Å²) in [4.78, 5) is 0. The molecule has 0 aliphatic rings. The van der Waals surface area contributed by atoms with E-state index in [4.69, 9.17) is 18.1 Å². The molecule has 0 aromatic heterocycles. The monoisotopic (exact) mass is 506 g/mol. The molecule has 0 aromatic rings. The Hall–Kier alpha value is 1.00. The molecule has 0 aliphatic heterocycles. The molecule has 0 aliphatic carbocycles. The van der Waals surface area contributed by atoms with E-state index >= 15 is 0 Å². The molecule has 0 fully saturated rings. The molecule has 0 aromatic carbocycles. The summed E-state index contributed by atoms with van der Waals surface area (Å²) in [7, 11) is 1.66. The van der Waals surface area contributed by atoms with E-state index in [1.807, 2.05) is 83.1 Å². The van der Waals surface area contributed by atoms with Crippen LogP contribution in [0.15, 0.2) is 0 Å². The predicted octanol–water partition coefficient (Wildman–Crippen LogP) is 8.83. The van der Waals surface area contributed by atoms with Crippen LogP contribution in [0.2, 0.25) is 0 Å². The second kappa shape index (κ2) is 11.4. The van der Waals surface area contributed by atoms with E-state index < -0.39 is 13.6 Å². The first-order valence-electron chi connectivity index (χ1n) is 10.2. The Morgan fingerprint density at radius 2 is 0.633 bits per heavy atom. The molecule has 0 spiro atoms. The highest BCUT2D eigenvalue weighted by Gasteiger charge is 2.38. The molecule has 0 N–H and O–H groups in total. The minimum absolute atomic E-state index is 0.193. The van der Waals surface area contributed by atoms with Gasteiger partial charge in [-0.15, -0.1) is 0 Å². The molecule has 0 unspecified atom stereocenters. The first-order chi connectivity index (χ1) is 13.0. The third-order valence-electron chi connectivity index (χ3n) is 2.84. The van der Waals surface area contributed by atoms with Crippen molar-refractivity contribution in [2.75, 3.05) is 26.4 Å². The molecule has 10 heteroatoms. The van der Waals surface area contributed by atoms with Crippen molar-refractivity contribution in [1.82, 2.24) is 0 Å². The fraction of sp³-hybridized carbons (Fsp3) is 1.00. The Morgan fingerprint density at radius 1 is 0.467 bits per heavy atom. The molecule has 0 heterocycles. The smallest absolute Gasteiger partial charge is 0.300 e. The average Bonchev–Trinajstić information content (AvgIpc) is 2.51. The SMILES string of the molecule is CC(C)(C)COP(=O)(OCC(C)(C)C)SSP(=O)(OCC(C)(C)C)OCC(C)(C)C. The Labute approximate surface area is 192 Å². The zero-order chi connectivity index (χ0) is 24.1. The quantitative estimate of drug-likeness (QED) is 0.203. The van der Waals surface area contributed by atoms with Gasteiger partial charge < -0.3 is 0 Å². The van der Waals surface area contributed by atoms with Crippen LogP contribution in [0, 0.1) is 21.7 Å². The molecule has 6 nitrogen and oxygen atoms in total. The van der Waals surface area contributed by atoms with Crippen LogP contribution < -0.4 is 0 Å². The fourth-order valence-corrected chi connectivity index (χ4v) is 13.1. The summed E-state index contributed by atoms with van der Waals surface area (Å²) in [6.07, 6.45) is 0. The van der Waals surface area contributed by atoms with E-state index in [0.29, 0.717) is 0 Å². The van der Waals surface area contributed by atoms with Crippen LogP contribution >= 0.6 is 34.4 Å². The van der Waals surface area contributed by atoms with Crippen LogP contribution in [0.4, 0.5) is 0 Å². The molecule has 182 valence electrons. The van der Waals surface area contributed by atoms with Crippen molar-refractivity contribution in [1.29, 1.82) is 0 Å². The molecule has 0 saturated carbocycles. The van der Waals surface area contributed by atoms with Crippen molar-refractivity contribution >= 4 is 34.4 Å². The average molecular weight is 507 g/mol. The summed E-state index contributed by atoms with van der Waals surface area (Å²) in [6, 6.07) is 0. The second-order valence-electron chi connectivity index (χ2n) is 12.4. The van der Waals surface area contributed by atoms with Gasteiger partial charge in [0.15, 0.2) is 0 Å². The number of hydrogen-bond acceptors (Lipinski definition) is 8. The van der Waals surface area contributed by atoms with Crippen LogP contribution in [0.3, 0.4) is 0 Å². The molecule has 0 radical (unpaired) electrons. The minimum Gasteiger partial charge on any atom is -0.300 e. The molecule has 0 bridgehead atoms. The lowest BCUT2D eigenvalue weighted by molar-refractivity contribution is 0.133. The normalized spacial score (nSPS) is 14.9. The molecule has 0 rings (SSSR count). The van der Waals surface area contributed by atoms with Gasteiger partial charge in [0.25, 0.3) is 0 Å². The van der Waals surface area contributed by atoms with Gasteiger partial charge in [0.05, 0.1) is 26.4 Å². The van der Waals surface area contributed by atoms with Gasteiger partial charge in [-0.05, 0) is 21.7 Å². The summed E-state index contributed by atoms with van der Waals surface area (Å²) >= 11 is 0. The molecular weight excluding hydrogens is 462 g/mol. The van der Waals surface area contributed by atoms with Gasteiger partial charge in [-0.2, -0.15) is 0 Å². The summed E-state index contributed by atoms with van der Waals surface area (Å²) in [5.41, 5.74) is -0.773. The van der Waals surface area contributed by atoms with Crippen LogP contribution in [0.25, 0.3) is 0 Å². The van der Waals surface area contributed by atoms with Crippen molar-refractivity contribution in [3.63, 3.8) is 0 Å². The van der Waals surface area contributed by atoms with Crippen molar-refractivity contribution in [2.45, 2.75) is 83.1 Å². The van der Waals surface area contributed by atoms with Gasteiger partial charge in [-0.3, -0.25) is 18.1 Å². The first kappa shape index (κ1) is 31.0. The van der Waals surface area contributed by atoms with Gasteiger partial charge in [-0.1, -0.05) is 83.1 Å². The Bertz CT molecular complexity index is 515. The maximum absolute atomic E-state index is 13.4. The van der Waals surface area contributed by atoms with Crippen LogP contribution in [0.1, 0.15) is 83.1 Å². The molecule has 30 heavy (non-hydrogen) atoms. The van der Waals surface area contributed by atoms with E-state index in [1.165, 1.54) is 0 Å². The van der Waals surface area contributed by atoms with Gasteiger partial charge in [-0.25, -0.2) is 9.13 Å². The standard InChI is InChI=1S/C20H44O6P2S2/c1-17(2,3)13-23-27(21,24-14-18(4,5)6)29-30-28(22,25-15-19(7,8)9)26-16-20(10,11)12/h13-16H2,1-12H3. The summed E-state index contributed by atoms with van der Waals surface area (Å²) in [5, 5.41) is 0. The maximum Gasteiger partial charge on any atom is 0.400 e. The molecular formula is C20H44O6P2S2. The van der Waals surface area contributed by atoms with Gasteiger partial charge in [0.2, 0.25) is 0 Å².